The predicted molar refractivity (Wildman–Crippen MR) is 86.0 cm³/mol. The summed E-state index contributed by atoms with van der Waals surface area (Å²) in [5.41, 5.74) is 2.52. The summed E-state index contributed by atoms with van der Waals surface area (Å²) in [4.78, 5) is 0. The molecule has 1 N–H and O–H groups in total. The van der Waals surface area contributed by atoms with Gasteiger partial charge in [0.25, 0.3) is 0 Å². The van der Waals surface area contributed by atoms with Crippen molar-refractivity contribution in [3.05, 3.63) is 76.3 Å². The van der Waals surface area contributed by atoms with E-state index in [1.54, 1.807) is 0 Å². The number of nitrogens with one attached hydrogen (secondary N) is 1. The number of hydrogen-bond acceptors (Lipinski definition) is 1. The molecule has 2 heteroatoms. The van der Waals surface area contributed by atoms with Crippen LogP contribution in [0, 0.1) is 0 Å². The van der Waals surface area contributed by atoms with E-state index in [-0.39, 0.29) is 0 Å². The van der Waals surface area contributed by atoms with E-state index in [4.69, 9.17) is 0 Å². The molecule has 0 fully saturated rings. The van der Waals surface area contributed by atoms with E-state index in [0.717, 1.165) is 11.0 Å². The highest BCUT2D eigenvalue weighted by Crippen LogP contribution is 2.22. The first-order chi connectivity index (χ1) is 9.27. The summed E-state index contributed by atoms with van der Waals surface area (Å²) < 4.78 is 1.15. The number of benzene rings is 2. The van der Waals surface area contributed by atoms with Crippen molar-refractivity contribution in [2.75, 3.05) is 6.54 Å². The minimum absolute atomic E-state index is 0.330. The van der Waals surface area contributed by atoms with Crippen LogP contribution in [0.15, 0.2) is 65.1 Å². The maximum Gasteiger partial charge on any atom is 0.0305 e. The molecule has 19 heavy (non-hydrogen) atoms. The van der Waals surface area contributed by atoms with Crippen molar-refractivity contribution in [1.82, 2.24) is 5.32 Å². The lowest BCUT2D eigenvalue weighted by molar-refractivity contribution is 0.616. The van der Waals surface area contributed by atoms with Crippen LogP contribution in [0.4, 0.5) is 0 Å². The van der Waals surface area contributed by atoms with Crippen LogP contribution in [0.2, 0.25) is 0 Å². The van der Waals surface area contributed by atoms with Crippen molar-refractivity contribution in [2.24, 2.45) is 0 Å². The van der Waals surface area contributed by atoms with Gasteiger partial charge < -0.3 is 5.32 Å². The summed E-state index contributed by atoms with van der Waals surface area (Å²) in [7, 11) is 0. The van der Waals surface area contributed by atoms with E-state index in [9.17, 15) is 0 Å². The van der Waals surface area contributed by atoms with Gasteiger partial charge >= 0.3 is 0 Å². The average molecular weight is 316 g/mol. The highest BCUT2D eigenvalue weighted by atomic mass is 79.9. The summed E-state index contributed by atoms with van der Waals surface area (Å²) in [5, 5.41) is 3.49. The average Bonchev–Trinajstić information content (AvgIpc) is 2.45. The number of rotatable bonds is 5. The van der Waals surface area contributed by atoms with Gasteiger partial charge in [0.05, 0.1) is 0 Å². The zero-order valence-corrected chi connectivity index (χ0v) is 12.6. The summed E-state index contributed by atoms with van der Waals surface area (Å²) in [5.74, 6) is 0. The molecule has 0 radical (unpaired) electrons. The van der Waals surface area contributed by atoms with Crippen molar-refractivity contribution in [3.8, 4) is 0 Å². The maximum atomic E-state index is 3.58. The Labute approximate surface area is 123 Å². The summed E-state index contributed by atoms with van der Waals surface area (Å²) in [6.07, 6.45) is 4.29. The fourth-order valence-electron chi connectivity index (χ4n) is 1.94. The molecule has 0 aromatic heterocycles. The predicted octanol–water partition coefficient (Wildman–Crippen LogP) is 4.81. The van der Waals surface area contributed by atoms with Gasteiger partial charge in [0, 0.05) is 17.1 Å². The fourth-order valence-corrected chi connectivity index (χ4v) is 2.57. The third kappa shape index (κ3) is 4.34. The van der Waals surface area contributed by atoms with Crippen LogP contribution in [-0.2, 0) is 0 Å². The van der Waals surface area contributed by atoms with E-state index in [0.29, 0.717) is 6.04 Å². The van der Waals surface area contributed by atoms with E-state index >= 15 is 0 Å². The van der Waals surface area contributed by atoms with Crippen LogP contribution in [0.3, 0.4) is 0 Å². The van der Waals surface area contributed by atoms with Crippen molar-refractivity contribution in [3.63, 3.8) is 0 Å². The highest BCUT2D eigenvalue weighted by Gasteiger charge is 2.06. The molecule has 1 atom stereocenters. The number of halogens is 1. The molecule has 0 saturated heterocycles. The molecule has 1 nitrogen and oxygen atoms in total. The lowest BCUT2D eigenvalue weighted by Crippen LogP contribution is -2.18. The smallest absolute Gasteiger partial charge is 0.0305 e. The molecule has 0 aliphatic heterocycles. The second kappa shape index (κ2) is 7.27. The Morgan fingerprint density at radius 2 is 1.74 bits per heavy atom. The zero-order chi connectivity index (χ0) is 13.5. The van der Waals surface area contributed by atoms with Gasteiger partial charge in [-0.3, -0.25) is 0 Å². The third-order valence-electron chi connectivity index (χ3n) is 3.02. The normalized spacial score (nSPS) is 12.7. The summed E-state index contributed by atoms with van der Waals surface area (Å²) in [6, 6.07) is 19.0. The molecular weight excluding hydrogens is 298 g/mol. The van der Waals surface area contributed by atoms with Crippen LogP contribution >= 0.6 is 15.9 Å². The van der Waals surface area contributed by atoms with Gasteiger partial charge in [-0.05, 0) is 24.1 Å². The van der Waals surface area contributed by atoms with E-state index in [1.807, 2.05) is 12.1 Å². The van der Waals surface area contributed by atoms with Crippen LogP contribution in [0.25, 0.3) is 6.08 Å². The number of hydrogen-bond donors (Lipinski definition) is 1. The van der Waals surface area contributed by atoms with Gasteiger partial charge in [0.2, 0.25) is 0 Å². The van der Waals surface area contributed by atoms with Crippen LogP contribution in [0.1, 0.15) is 24.1 Å². The van der Waals surface area contributed by atoms with Crippen molar-refractivity contribution in [1.29, 1.82) is 0 Å². The highest BCUT2D eigenvalue weighted by molar-refractivity contribution is 9.10. The largest absolute Gasteiger partial charge is 0.307 e. The van der Waals surface area contributed by atoms with Crippen LogP contribution in [0.5, 0.6) is 0 Å². The van der Waals surface area contributed by atoms with Gasteiger partial charge in [0.15, 0.2) is 0 Å². The Bertz CT molecular complexity index is 534. The Morgan fingerprint density at radius 1 is 1.05 bits per heavy atom. The first-order valence-electron chi connectivity index (χ1n) is 6.47. The molecule has 0 heterocycles. The van der Waals surface area contributed by atoms with Crippen molar-refractivity contribution in [2.45, 2.75) is 13.0 Å². The molecule has 0 spiro atoms. The molecule has 2 rings (SSSR count). The lowest BCUT2D eigenvalue weighted by atomic mass is 10.1. The topological polar surface area (TPSA) is 12.0 Å². The van der Waals surface area contributed by atoms with E-state index in [1.165, 1.54) is 11.1 Å². The van der Waals surface area contributed by atoms with Gasteiger partial charge in [0.1, 0.15) is 0 Å². The standard InChI is InChI=1S/C17H18BrN/c1-14(16-11-5-6-12-17(16)18)19-13-7-10-15-8-3-2-4-9-15/h2-12,14,19H,13H2,1H3/b10-7+/t14-/m1/s1. The monoisotopic (exact) mass is 315 g/mol. The van der Waals surface area contributed by atoms with Crippen molar-refractivity contribution < 1.29 is 0 Å². The first kappa shape index (κ1) is 14.0. The summed E-state index contributed by atoms with van der Waals surface area (Å²) >= 11 is 3.58. The quantitative estimate of drug-likeness (QED) is 0.834. The molecule has 2 aromatic carbocycles. The maximum absolute atomic E-state index is 3.58. The minimum Gasteiger partial charge on any atom is -0.307 e. The SMILES string of the molecule is C[C@@H](NC/C=C/c1ccccc1)c1ccccc1Br. The molecule has 0 saturated carbocycles. The third-order valence-corrected chi connectivity index (χ3v) is 3.75. The molecule has 0 unspecified atom stereocenters. The Morgan fingerprint density at radius 3 is 2.47 bits per heavy atom. The minimum atomic E-state index is 0.330. The van der Waals surface area contributed by atoms with Gasteiger partial charge in [-0.1, -0.05) is 76.6 Å². The first-order valence-corrected chi connectivity index (χ1v) is 7.26. The molecule has 0 aliphatic carbocycles. The van der Waals surface area contributed by atoms with E-state index in [2.05, 4.69) is 82.8 Å². The van der Waals surface area contributed by atoms with Gasteiger partial charge in [-0.2, -0.15) is 0 Å². The molecule has 0 bridgehead atoms. The van der Waals surface area contributed by atoms with Gasteiger partial charge in [-0.15, -0.1) is 0 Å². The summed E-state index contributed by atoms with van der Waals surface area (Å²) in [6.45, 7) is 3.04. The molecule has 98 valence electrons. The van der Waals surface area contributed by atoms with E-state index < -0.39 is 0 Å². The zero-order valence-electron chi connectivity index (χ0n) is 11.0. The Kier molecular flexibility index (Phi) is 5.37. The van der Waals surface area contributed by atoms with Crippen molar-refractivity contribution >= 4 is 22.0 Å². The molecule has 2 aromatic rings. The second-order valence-corrected chi connectivity index (χ2v) is 5.32. The van der Waals surface area contributed by atoms with Crippen LogP contribution < -0.4 is 5.32 Å². The molecule has 0 amide bonds. The van der Waals surface area contributed by atoms with Gasteiger partial charge in [-0.25, -0.2) is 0 Å². The fraction of sp³-hybridized carbons (Fsp3) is 0.176. The molecular formula is C17H18BrN. The second-order valence-electron chi connectivity index (χ2n) is 4.46. The Balaban J connectivity index is 1.86. The Hall–Kier alpha value is -1.38. The van der Waals surface area contributed by atoms with Crippen LogP contribution in [-0.4, -0.2) is 6.54 Å². The lowest BCUT2D eigenvalue weighted by Gasteiger charge is -2.14. The molecule has 0 aliphatic rings.